The van der Waals surface area contributed by atoms with Crippen LogP contribution in [0.3, 0.4) is 0 Å². The van der Waals surface area contributed by atoms with Gasteiger partial charge in [-0.05, 0) is 37.6 Å². The van der Waals surface area contributed by atoms with E-state index in [1.807, 2.05) is 0 Å². The van der Waals surface area contributed by atoms with Crippen LogP contribution in [0, 0.1) is 5.41 Å². The van der Waals surface area contributed by atoms with E-state index < -0.39 is 0 Å². The molecular weight excluding hydrogens is 134 g/mol. The van der Waals surface area contributed by atoms with E-state index in [-0.39, 0.29) is 0 Å². The van der Waals surface area contributed by atoms with Gasteiger partial charge in [-0.15, -0.1) is 0 Å². The van der Waals surface area contributed by atoms with Crippen LogP contribution in [0.2, 0.25) is 0 Å². The summed E-state index contributed by atoms with van der Waals surface area (Å²) in [5.74, 6) is 0. The van der Waals surface area contributed by atoms with Gasteiger partial charge in [-0.2, -0.15) is 0 Å². The van der Waals surface area contributed by atoms with Crippen molar-refractivity contribution in [2.75, 3.05) is 6.54 Å². The van der Waals surface area contributed by atoms with Gasteiger partial charge in [0.15, 0.2) is 0 Å². The summed E-state index contributed by atoms with van der Waals surface area (Å²) in [6, 6.07) is 0.876. The van der Waals surface area contributed by atoms with Crippen molar-refractivity contribution in [2.24, 2.45) is 5.41 Å². The van der Waals surface area contributed by atoms with Gasteiger partial charge in [-0.1, -0.05) is 19.8 Å². The van der Waals surface area contributed by atoms with Crippen molar-refractivity contribution < 1.29 is 0 Å². The molecule has 0 amide bonds. The van der Waals surface area contributed by atoms with Crippen LogP contribution in [0.25, 0.3) is 0 Å². The smallest absolute Gasteiger partial charge is 0.0124 e. The maximum absolute atomic E-state index is 3.65. The molecule has 1 saturated carbocycles. The van der Waals surface area contributed by atoms with E-state index in [0.717, 1.165) is 11.5 Å². The predicted molar refractivity (Wildman–Crippen MR) is 47.6 cm³/mol. The third kappa shape index (κ3) is 1.10. The first-order valence-electron chi connectivity index (χ1n) is 5.11. The number of hydrogen-bond acceptors (Lipinski definition) is 1. The molecule has 0 aromatic rings. The van der Waals surface area contributed by atoms with E-state index in [2.05, 4.69) is 12.2 Å². The number of rotatable bonds is 1. The van der Waals surface area contributed by atoms with E-state index in [9.17, 15) is 0 Å². The van der Waals surface area contributed by atoms with Crippen LogP contribution in [0.15, 0.2) is 0 Å². The highest BCUT2D eigenvalue weighted by Crippen LogP contribution is 2.44. The first kappa shape index (κ1) is 7.60. The molecule has 0 bridgehead atoms. The molecule has 1 N–H and O–H groups in total. The molecule has 2 fully saturated rings. The molecule has 1 saturated heterocycles. The zero-order valence-electron chi connectivity index (χ0n) is 7.53. The fourth-order valence-corrected chi connectivity index (χ4v) is 3.02. The highest BCUT2D eigenvalue weighted by Gasteiger charge is 2.42. The first-order valence-corrected chi connectivity index (χ1v) is 5.11. The van der Waals surface area contributed by atoms with Crippen LogP contribution in [0.1, 0.15) is 45.4 Å². The van der Waals surface area contributed by atoms with Crippen LogP contribution >= 0.6 is 0 Å². The van der Waals surface area contributed by atoms with Crippen molar-refractivity contribution in [1.82, 2.24) is 5.32 Å². The molecule has 1 aliphatic carbocycles. The lowest BCUT2D eigenvalue weighted by Gasteiger charge is -2.38. The summed E-state index contributed by atoms with van der Waals surface area (Å²) in [4.78, 5) is 0. The van der Waals surface area contributed by atoms with Crippen LogP contribution in [-0.4, -0.2) is 12.6 Å². The molecule has 2 rings (SSSR count). The molecule has 0 radical (unpaired) electrons. The van der Waals surface area contributed by atoms with Gasteiger partial charge in [-0.25, -0.2) is 0 Å². The normalized spacial score (nSPS) is 43.9. The zero-order valence-corrected chi connectivity index (χ0v) is 7.53. The van der Waals surface area contributed by atoms with E-state index in [0.29, 0.717) is 0 Å². The Balaban J connectivity index is 2.12. The van der Waals surface area contributed by atoms with Crippen LogP contribution < -0.4 is 5.32 Å². The Morgan fingerprint density at radius 1 is 1.36 bits per heavy atom. The molecule has 2 atom stereocenters. The molecular formula is C10H19N. The van der Waals surface area contributed by atoms with Gasteiger partial charge >= 0.3 is 0 Å². The summed E-state index contributed by atoms with van der Waals surface area (Å²) in [6.45, 7) is 3.64. The Morgan fingerprint density at radius 2 is 2.27 bits per heavy atom. The van der Waals surface area contributed by atoms with Gasteiger partial charge in [0.2, 0.25) is 0 Å². The lowest BCUT2D eigenvalue weighted by Crippen LogP contribution is -2.38. The lowest BCUT2D eigenvalue weighted by molar-refractivity contribution is 0.165. The van der Waals surface area contributed by atoms with Crippen molar-refractivity contribution in [3.63, 3.8) is 0 Å². The van der Waals surface area contributed by atoms with Gasteiger partial charge in [0.25, 0.3) is 0 Å². The minimum atomic E-state index is 0.720. The molecule has 11 heavy (non-hydrogen) atoms. The summed E-state index contributed by atoms with van der Waals surface area (Å²) in [5.41, 5.74) is 0.720. The molecule has 1 nitrogen and oxygen atoms in total. The average Bonchev–Trinajstić information content (AvgIpc) is 2.48. The monoisotopic (exact) mass is 153 g/mol. The van der Waals surface area contributed by atoms with Crippen molar-refractivity contribution in [1.29, 1.82) is 0 Å². The standard InChI is InChI=1S/C10H19N/c1-2-10-6-4-3-5-9(10)11-8-7-10/h9,11H,2-8H2,1H3. The van der Waals surface area contributed by atoms with Crippen molar-refractivity contribution in [3.05, 3.63) is 0 Å². The molecule has 1 aliphatic heterocycles. The van der Waals surface area contributed by atoms with Gasteiger partial charge in [-0.3, -0.25) is 0 Å². The molecule has 0 aromatic heterocycles. The minimum Gasteiger partial charge on any atom is -0.313 e. The van der Waals surface area contributed by atoms with Crippen molar-refractivity contribution in [2.45, 2.75) is 51.5 Å². The maximum Gasteiger partial charge on any atom is 0.0124 e. The quantitative estimate of drug-likeness (QED) is 0.609. The number of hydrogen-bond donors (Lipinski definition) is 1. The average molecular weight is 153 g/mol. The third-order valence-electron chi connectivity index (χ3n) is 3.87. The molecule has 0 spiro atoms. The molecule has 64 valence electrons. The fraction of sp³-hybridized carbons (Fsp3) is 1.00. The van der Waals surface area contributed by atoms with Gasteiger partial charge in [0.1, 0.15) is 0 Å². The van der Waals surface area contributed by atoms with E-state index in [1.165, 1.54) is 45.1 Å². The third-order valence-corrected chi connectivity index (χ3v) is 3.87. The van der Waals surface area contributed by atoms with Crippen LogP contribution in [-0.2, 0) is 0 Å². The Hall–Kier alpha value is -0.0400. The molecule has 1 heterocycles. The Labute approximate surface area is 69.6 Å². The number of nitrogens with one attached hydrogen (secondary N) is 1. The summed E-state index contributed by atoms with van der Waals surface area (Å²) < 4.78 is 0. The lowest BCUT2D eigenvalue weighted by atomic mass is 9.69. The van der Waals surface area contributed by atoms with E-state index >= 15 is 0 Å². The Kier molecular flexibility index (Phi) is 1.92. The second-order valence-corrected chi connectivity index (χ2v) is 4.22. The molecule has 1 heteroatoms. The second kappa shape index (κ2) is 2.78. The summed E-state index contributed by atoms with van der Waals surface area (Å²) in [7, 11) is 0. The minimum absolute atomic E-state index is 0.720. The maximum atomic E-state index is 3.65. The van der Waals surface area contributed by atoms with Crippen molar-refractivity contribution >= 4 is 0 Å². The highest BCUT2D eigenvalue weighted by molar-refractivity contribution is 4.98. The van der Waals surface area contributed by atoms with E-state index in [4.69, 9.17) is 0 Å². The van der Waals surface area contributed by atoms with Crippen LogP contribution in [0.4, 0.5) is 0 Å². The topological polar surface area (TPSA) is 12.0 Å². The van der Waals surface area contributed by atoms with Crippen molar-refractivity contribution in [3.8, 4) is 0 Å². The molecule has 2 aliphatic rings. The van der Waals surface area contributed by atoms with Crippen LogP contribution in [0.5, 0.6) is 0 Å². The zero-order chi connectivity index (χ0) is 7.73. The van der Waals surface area contributed by atoms with E-state index in [1.54, 1.807) is 0 Å². The highest BCUT2D eigenvalue weighted by atomic mass is 15.0. The summed E-state index contributed by atoms with van der Waals surface area (Å²) in [6.07, 6.45) is 8.69. The van der Waals surface area contributed by atoms with Gasteiger partial charge in [0.05, 0.1) is 0 Å². The Bertz CT molecular complexity index is 144. The first-order chi connectivity index (χ1) is 5.37. The summed E-state index contributed by atoms with van der Waals surface area (Å²) in [5, 5.41) is 3.65. The molecule has 0 aromatic carbocycles. The fourth-order valence-electron chi connectivity index (χ4n) is 3.02. The largest absolute Gasteiger partial charge is 0.313 e. The number of fused-ring (bicyclic) bond motifs is 1. The summed E-state index contributed by atoms with van der Waals surface area (Å²) >= 11 is 0. The van der Waals surface area contributed by atoms with Gasteiger partial charge in [0, 0.05) is 6.04 Å². The Morgan fingerprint density at radius 3 is 3.00 bits per heavy atom. The van der Waals surface area contributed by atoms with Gasteiger partial charge < -0.3 is 5.32 Å². The molecule has 2 unspecified atom stereocenters. The predicted octanol–water partition coefficient (Wildman–Crippen LogP) is 2.32. The second-order valence-electron chi connectivity index (χ2n) is 4.22. The SMILES string of the molecule is CCC12CCCCC1NCC2.